The van der Waals surface area contributed by atoms with E-state index < -0.39 is 5.41 Å². The van der Waals surface area contributed by atoms with Crippen molar-refractivity contribution in [3.63, 3.8) is 0 Å². The highest BCUT2D eigenvalue weighted by molar-refractivity contribution is 6.14. The molecule has 4 heteroatoms. The van der Waals surface area contributed by atoms with Crippen molar-refractivity contribution in [2.24, 2.45) is 0 Å². The monoisotopic (exact) mass is 1130 g/mol. The smallest absolute Gasteiger partial charge is 0.159 e. The zero-order chi connectivity index (χ0) is 58.3. The molecule has 16 aromatic rings. The lowest BCUT2D eigenvalue weighted by molar-refractivity contribution is 0.488. The number of furan rings is 2. The van der Waals surface area contributed by atoms with Gasteiger partial charge >= 0.3 is 0 Å². The highest BCUT2D eigenvalue weighted by Gasteiger charge is 2.53. The summed E-state index contributed by atoms with van der Waals surface area (Å²) in [6.07, 6.45) is 5.36. The molecule has 0 saturated heterocycles. The minimum Gasteiger partial charge on any atom is -0.458 e. The van der Waals surface area contributed by atoms with E-state index in [9.17, 15) is 0 Å². The maximum absolute atomic E-state index is 6.76. The van der Waals surface area contributed by atoms with E-state index in [1.165, 1.54) is 82.4 Å². The first kappa shape index (κ1) is 49.8. The van der Waals surface area contributed by atoms with Crippen LogP contribution in [0, 0.1) is 0 Å². The van der Waals surface area contributed by atoms with E-state index >= 15 is 0 Å². The number of hydrogen-bond donors (Lipinski definition) is 0. The fourth-order valence-electron chi connectivity index (χ4n) is 15.8. The van der Waals surface area contributed by atoms with Crippen LogP contribution in [-0.2, 0) is 5.41 Å². The second-order valence-corrected chi connectivity index (χ2v) is 24.1. The molecule has 2 atom stereocenters. The molecule has 4 nitrogen and oxygen atoms in total. The average molecular weight is 1140 g/mol. The van der Waals surface area contributed by atoms with Gasteiger partial charge in [-0.25, -0.2) is 0 Å². The Morgan fingerprint density at radius 3 is 1.65 bits per heavy atom. The predicted molar refractivity (Wildman–Crippen MR) is 369 cm³/mol. The Hall–Kier alpha value is -11.5. The third-order valence-corrected chi connectivity index (χ3v) is 19.5. The van der Waals surface area contributed by atoms with Crippen LogP contribution in [0.2, 0.25) is 0 Å². The van der Waals surface area contributed by atoms with Crippen molar-refractivity contribution in [3.8, 4) is 44.5 Å². The fraction of sp³-hybridized carbons (Fsp3) is 0.0353. The van der Waals surface area contributed by atoms with Crippen molar-refractivity contribution >= 4 is 99.7 Å². The van der Waals surface area contributed by atoms with Gasteiger partial charge < -0.3 is 18.6 Å². The molecule has 2 unspecified atom stereocenters. The summed E-state index contributed by atoms with van der Waals surface area (Å²) in [6, 6.07) is 110. The van der Waals surface area contributed by atoms with Crippen molar-refractivity contribution in [1.29, 1.82) is 0 Å². The van der Waals surface area contributed by atoms with Crippen molar-refractivity contribution in [1.82, 2.24) is 0 Å². The molecule has 0 aliphatic heterocycles. The van der Waals surface area contributed by atoms with E-state index in [0.29, 0.717) is 0 Å². The molecule has 14 aromatic carbocycles. The van der Waals surface area contributed by atoms with Crippen LogP contribution in [0.15, 0.2) is 312 Å². The van der Waals surface area contributed by atoms with Crippen LogP contribution >= 0.6 is 0 Å². The number of anilines is 5. The normalized spacial score (nSPS) is 15.3. The van der Waals surface area contributed by atoms with Gasteiger partial charge in [-0.05, 0) is 184 Å². The number of nitrogens with zero attached hydrogens (tertiary/aromatic N) is 2. The van der Waals surface area contributed by atoms with Crippen molar-refractivity contribution in [2.75, 3.05) is 9.80 Å². The van der Waals surface area contributed by atoms with Crippen LogP contribution in [0.25, 0.3) is 116 Å². The van der Waals surface area contributed by atoms with E-state index in [4.69, 9.17) is 8.83 Å². The van der Waals surface area contributed by atoms with Crippen LogP contribution in [0.3, 0.4) is 0 Å². The average Bonchev–Trinajstić information content (AvgIpc) is 1.50. The predicted octanol–water partition coefficient (Wildman–Crippen LogP) is 23.2. The van der Waals surface area contributed by atoms with E-state index in [0.717, 1.165) is 95.8 Å². The molecule has 0 saturated carbocycles. The number of para-hydroxylation sites is 5. The van der Waals surface area contributed by atoms with Crippen molar-refractivity contribution < 1.29 is 8.83 Å². The summed E-state index contributed by atoms with van der Waals surface area (Å²) in [6.45, 7) is 0. The first-order valence-corrected chi connectivity index (χ1v) is 30.9. The number of rotatable bonds is 8. The molecule has 0 amide bonds. The minimum absolute atomic E-state index is 0.0349. The topological polar surface area (TPSA) is 32.8 Å². The van der Waals surface area contributed by atoms with Crippen molar-refractivity contribution in [2.45, 2.75) is 17.9 Å². The zero-order valence-electron chi connectivity index (χ0n) is 48.4. The molecule has 0 fully saturated rings. The molecule has 3 aliphatic rings. The largest absolute Gasteiger partial charge is 0.458 e. The second-order valence-electron chi connectivity index (χ2n) is 24.1. The van der Waals surface area contributed by atoms with Gasteiger partial charge in [0, 0.05) is 44.5 Å². The lowest BCUT2D eigenvalue weighted by atomic mass is 9.68. The Bertz CT molecular complexity index is 5640. The number of fused-ring (bicyclic) bond motifs is 22. The van der Waals surface area contributed by atoms with Crippen LogP contribution in [-0.4, -0.2) is 0 Å². The van der Waals surface area contributed by atoms with E-state index in [-0.39, 0.29) is 6.04 Å². The summed E-state index contributed by atoms with van der Waals surface area (Å²) in [5, 5.41) is 10.8. The zero-order valence-corrected chi connectivity index (χ0v) is 48.4. The lowest BCUT2D eigenvalue weighted by Gasteiger charge is -2.34. The van der Waals surface area contributed by atoms with Crippen LogP contribution < -0.4 is 9.80 Å². The molecule has 2 aromatic heterocycles. The Balaban J connectivity index is 0.769. The fourth-order valence-corrected chi connectivity index (χ4v) is 15.8. The maximum atomic E-state index is 6.76. The molecule has 0 N–H and O–H groups in total. The molecule has 0 radical (unpaired) electrons. The second kappa shape index (κ2) is 19.3. The van der Waals surface area contributed by atoms with E-state index in [1.807, 2.05) is 6.07 Å². The summed E-state index contributed by atoms with van der Waals surface area (Å²) in [4.78, 5) is 4.80. The van der Waals surface area contributed by atoms with Gasteiger partial charge in [0.1, 0.15) is 16.9 Å². The van der Waals surface area contributed by atoms with Crippen LogP contribution in [0.5, 0.6) is 0 Å². The van der Waals surface area contributed by atoms with E-state index in [1.54, 1.807) is 0 Å². The highest BCUT2D eigenvalue weighted by Crippen LogP contribution is 2.66. The van der Waals surface area contributed by atoms with Gasteiger partial charge in [0.15, 0.2) is 5.58 Å². The van der Waals surface area contributed by atoms with Gasteiger partial charge in [-0.2, -0.15) is 0 Å². The first-order chi connectivity index (χ1) is 44.1. The third-order valence-electron chi connectivity index (χ3n) is 19.5. The molecule has 416 valence electrons. The Morgan fingerprint density at radius 1 is 0.348 bits per heavy atom. The molecule has 19 rings (SSSR count). The molecule has 3 aliphatic carbocycles. The first-order valence-electron chi connectivity index (χ1n) is 30.9. The van der Waals surface area contributed by atoms with Gasteiger partial charge in [-0.15, -0.1) is 0 Å². The number of benzene rings is 14. The lowest BCUT2D eigenvalue weighted by Crippen LogP contribution is -2.26. The summed E-state index contributed by atoms with van der Waals surface area (Å²) < 4.78 is 13.5. The summed E-state index contributed by atoms with van der Waals surface area (Å²) in [5.41, 5.74) is 23.7. The molecular formula is C85H54N2O2. The van der Waals surface area contributed by atoms with E-state index in [2.05, 4.69) is 313 Å². The Labute approximate surface area is 514 Å². The van der Waals surface area contributed by atoms with Gasteiger partial charge in [0.25, 0.3) is 0 Å². The molecule has 2 heterocycles. The molecule has 89 heavy (non-hydrogen) atoms. The summed E-state index contributed by atoms with van der Waals surface area (Å²) in [5.74, 6) is 0.999. The molecule has 0 bridgehead atoms. The van der Waals surface area contributed by atoms with Gasteiger partial charge in [0.05, 0.1) is 17.1 Å². The van der Waals surface area contributed by atoms with Crippen LogP contribution in [0.4, 0.5) is 28.4 Å². The standard InChI is InChI=1S/C85H54N2O2/c1-3-22-60(23-4-1)86(76-35-17-32-71-67-29-10-13-37-78(67)88-83(71)76)62-26-15-20-54(51-62)56-39-44-65-58(49-56)41-46-69-70-47-42-59-50-57(40-45-66(59)82(70)85(81(65)69)74-34-12-9-31-73(74)80-64-28-8-7-19-53(64)43-48-75(80)85)55-21-16-27-63(52-55)87(61-24-5-2-6-25-61)77-36-18-33-72-68-30-11-14-38-79(68)89-84(72)77/h1-35,37-52,77H,36H2. The SMILES string of the molecule is C1=Cc2c(oc3ccccc23)C(N(c2ccccc2)c2cccc(-c3ccc4c5c(ccc4c3)-c3ccc4cc(-c6cccc(N(c7ccccc7)c7cccc8c7oc7ccccc78)c6)ccc4c3C53c4ccccc4-c4c3ccc3ccccc43)c2)C1. The summed E-state index contributed by atoms with van der Waals surface area (Å²) in [7, 11) is 0. The maximum Gasteiger partial charge on any atom is 0.159 e. The molecule has 1 spiro atoms. The Morgan fingerprint density at radius 2 is 0.910 bits per heavy atom. The van der Waals surface area contributed by atoms with Gasteiger partial charge in [-0.1, -0.05) is 231 Å². The number of hydrogen-bond acceptors (Lipinski definition) is 4. The summed E-state index contributed by atoms with van der Waals surface area (Å²) >= 11 is 0. The molecular weight excluding hydrogens is 1080 g/mol. The quantitative estimate of drug-likeness (QED) is 0.152. The van der Waals surface area contributed by atoms with Gasteiger partial charge in [0.2, 0.25) is 0 Å². The van der Waals surface area contributed by atoms with Crippen molar-refractivity contribution in [3.05, 3.63) is 337 Å². The van der Waals surface area contributed by atoms with Gasteiger partial charge in [-0.3, -0.25) is 0 Å². The Kier molecular flexibility index (Phi) is 10.8. The highest BCUT2D eigenvalue weighted by atomic mass is 16.3. The van der Waals surface area contributed by atoms with Crippen LogP contribution in [0.1, 0.15) is 46.0 Å². The minimum atomic E-state index is -0.628. The third kappa shape index (κ3) is 7.29.